The zero-order valence-corrected chi connectivity index (χ0v) is 20.5. The minimum Gasteiger partial charge on any atom is -0.356 e. The van der Waals surface area contributed by atoms with Gasteiger partial charge in [0.1, 0.15) is 5.82 Å². The molecule has 0 aliphatic carbocycles. The first-order valence-electron chi connectivity index (χ1n) is 10.8. The zero-order chi connectivity index (χ0) is 19.8. The monoisotopic (exact) mass is 512 g/mol. The van der Waals surface area contributed by atoms with E-state index in [1.54, 1.807) is 0 Å². The molecule has 1 atom stereocenters. The third kappa shape index (κ3) is 7.13. The molecule has 1 aliphatic rings. The molecule has 29 heavy (non-hydrogen) atoms. The second-order valence-corrected chi connectivity index (χ2v) is 7.98. The molecule has 1 fully saturated rings. The molecule has 0 amide bonds. The van der Waals surface area contributed by atoms with E-state index >= 15 is 0 Å². The van der Waals surface area contributed by atoms with Crippen LogP contribution in [0.15, 0.2) is 29.3 Å². The van der Waals surface area contributed by atoms with Gasteiger partial charge in [0.15, 0.2) is 5.96 Å². The van der Waals surface area contributed by atoms with Crippen LogP contribution in [-0.4, -0.2) is 60.2 Å². The maximum Gasteiger partial charge on any atom is 0.190 e. The Morgan fingerprint density at radius 2 is 1.90 bits per heavy atom. The summed E-state index contributed by atoms with van der Waals surface area (Å²) in [7, 11) is 1.84. The van der Waals surface area contributed by atoms with E-state index in [1.165, 1.54) is 38.0 Å². The quantitative estimate of drug-likeness (QED) is 0.246. The molecule has 2 heterocycles. The Kier molecular flexibility index (Phi) is 10.2. The van der Waals surface area contributed by atoms with Crippen molar-refractivity contribution in [2.45, 2.75) is 46.1 Å². The Labute approximate surface area is 192 Å². The number of guanidine groups is 1. The highest BCUT2D eigenvalue weighted by Crippen LogP contribution is 2.16. The summed E-state index contributed by atoms with van der Waals surface area (Å²) < 4.78 is 2.30. The first-order valence-corrected chi connectivity index (χ1v) is 10.8. The Hall–Kier alpha value is -1.35. The normalized spacial score (nSPS) is 17.9. The molecule has 2 N–H and O–H groups in total. The number of aromatic nitrogens is 2. The van der Waals surface area contributed by atoms with Gasteiger partial charge in [-0.15, -0.1) is 24.0 Å². The number of nitrogens with zero attached hydrogens (tertiary/aromatic N) is 4. The van der Waals surface area contributed by atoms with E-state index in [0.717, 1.165) is 55.7 Å². The van der Waals surface area contributed by atoms with Crippen molar-refractivity contribution in [2.75, 3.05) is 39.8 Å². The maximum absolute atomic E-state index is 4.64. The molecule has 1 unspecified atom stereocenters. The van der Waals surface area contributed by atoms with Gasteiger partial charge in [0.2, 0.25) is 0 Å². The molecule has 0 bridgehead atoms. The molecule has 0 radical (unpaired) electrons. The van der Waals surface area contributed by atoms with Gasteiger partial charge >= 0.3 is 0 Å². The zero-order valence-electron chi connectivity index (χ0n) is 18.2. The Bertz CT molecular complexity index is 772. The Morgan fingerprint density at radius 3 is 2.62 bits per heavy atom. The van der Waals surface area contributed by atoms with Gasteiger partial charge in [-0.3, -0.25) is 4.99 Å². The second kappa shape index (κ2) is 12.4. The summed E-state index contributed by atoms with van der Waals surface area (Å²) in [5, 5.41) is 6.88. The van der Waals surface area contributed by atoms with E-state index in [-0.39, 0.29) is 24.0 Å². The lowest BCUT2D eigenvalue weighted by molar-refractivity contribution is 0.182. The molecule has 1 aromatic carbocycles. The number of hydrogen-bond acceptors (Lipinski definition) is 3. The van der Waals surface area contributed by atoms with Crippen molar-refractivity contribution in [3.05, 3.63) is 30.1 Å². The fraction of sp³-hybridized carbons (Fsp3) is 0.636. The van der Waals surface area contributed by atoms with E-state index in [0.29, 0.717) is 0 Å². The summed E-state index contributed by atoms with van der Waals surface area (Å²) in [6.07, 6.45) is 4.93. The number of para-hydroxylation sites is 2. The molecular weight excluding hydrogens is 475 g/mol. The number of nitrogens with one attached hydrogen (secondary N) is 2. The summed E-state index contributed by atoms with van der Waals surface area (Å²) in [6, 6.07) is 8.34. The van der Waals surface area contributed by atoms with Crippen molar-refractivity contribution in [3.8, 4) is 0 Å². The van der Waals surface area contributed by atoms with E-state index in [1.807, 2.05) is 13.1 Å². The topological polar surface area (TPSA) is 57.5 Å². The van der Waals surface area contributed by atoms with Gasteiger partial charge in [-0.1, -0.05) is 19.1 Å². The summed E-state index contributed by atoms with van der Waals surface area (Å²) >= 11 is 0. The van der Waals surface area contributed by atoms with E-state index in [2.05, 4.69) is 62.1 Å². The number of aryl methyl sites for hydroxylation is 2. The summed E-state index contributed by atoms with van der Waals surface area (Å²) in [4.78, 5) is 11.6. The average Bonchev–Trinajstić information content (AvgIpc) is 3.02. The molecule has 7 heteroatoms. The minimum atomic E-state index is 0. The van der Waals surface area contributed by atoms with E-state index in [4.69, 9.17) is 0 Å². The van der Waals surface area contributed by atoms with Crippen LogP contribution in [0.25, 0.3) is 11.0 Å². The molecule has 0 spiro atoms. The number of halogens is 1. The maximum atomic E-state index is 4.64. The standard InChI is InChI=1S/C22H36N6.HI/c1-18-9-6-14-27(17-18)15-7-12-24-22(23-3)25-13-8-16-28-19(2)26-20-10-4-5-11-21(20)28;/h4-5,10-11,18H,6-9,12-17H2,1-3H3,(H2,23,24,25);1H. The molecule has 6 nitrogen and oxygen atoms in total. The number of likely N-dealkylation sites (tertiary alicyclic amines) is 1. The van der Waals surface area contributed by atoms with E-state index in [9.17, 15) is 0 Å². The highest BCUT2D eigenvalue weighted by molar-refractivity contribution is 14.0. The lowest BCUT2D eigenvalue weighted by Crippen LogP contribution is -2.40. The van der Waals surface area contributed by atoms with Crippen LogP contribution in [0.5, 0.6) is 0 Å². The molecule has 1 saturated heterocycles. The lowest BCUT2D eigenvalue weighted by atomic mass is 10.0. The van der Waals surface area contributed by atoms with Gasteiger partial charge in [-0.2, -0.15) is 0 Å². The third-order valence-corrected chi connectivity index (χ3v) is 5.60. The number of rotatable bonds is 8. The fourth-order valence-corrected chi connectivity index (χ4v) is 4.14. The first kappa shape index (κ1) is 23.9. The molecule has 162 valence electrons. The van der Waals surface area contributed by atoms with Crippen molar-refractivity contribution in [1.29, 1.82) is 0 Å². The summed E-state index contributed by atoms with van der Waals surface area (Å²) in [6.45, 7) is 11.0. The van der Waals surface area contributed by atoms with Crippen LogP contribution in [0.1, 0.15) is 38.4 Å². The molecule has 1 aromatic heterocycles. The largest absolute Gasteiger partial charge is 0.356 e. The molecule has 1 aliphatic heterocycles. The highest BCUT2D eigenvalue weighted by atomic mass is 127. The van der Waals surface area contributed by atoms with Crippen molar-refractivity contribution >= 4 is 41.0 Å². The summed E-state index contributed by atoms with van der Waals surface area (Å²) in [5.41, 5.74) is 2.29. The molecule has 2 aromatic rings. The highest BCUT2D eigenvalue weighted by Gasteiger charge is 2.15. The Morgan fingerprint density at radius 1 is 1.17 bits per heavy atom. The van der Waals surface area contributed by atoms with Gasteiger partial charge in [0, 0.05) is 33.2 Å². The smallest absolute Gasteiger partial charge is 0.190 e. The Balaban J connectivity index is 0.00000300. The van der Waals surface area contributed by atoms with Crippen molar-refractivity contribution < 1.29 is 0 Å². The first-order chi connectivity index (χ1) is 13.7. The van der Waals surface area contributed by atoms with Gasteiger partial charge in [0.25, 0.3) is 0 Å². The van der Waals surface area contributed by atoms with Crippen LogP contribution < -0.4 is 10.6 Å². The number of hydrogen-bond donors (Lipinski definition) is 2. The SMILES string of the molecule is CN=C(NCCCN1CCCC(C)C1)NCCCn1c(C)nc2ccccc21.I. The molecular formula is C22H37IN6. The van der Waals surface area contributed by atoms with Crippen molar-refractivity contribution in [1.82, 2.24) is 25.1 Å². The van der Waals surface area contributed by atoms with Crippen LogP contribution in [-0.2, 0) is 6.54 Å². The number of piperidine rings is 1. The van der Waals surface area contributed by atoms with Crippen LogP contribution in [0.2, 0.25) is 0 Å². The summed E-state index contributed by atoms with van der Waals surface area (Å²) in [5.74, 6) is 2.84. The van der Waals surface area contributed by atoms with Crippen LogP contribution in [0.3, 0.4) is 0 Å². The van der Waals surface area contributed by atoms with Crippen molar-refractivity contribution in [3.63, 3.8) is 0 Å². The van der Waals surface area contributed by atoms with Gasteiger partial charge in [0.05, 0.1) is 11.0 Å². The number of benzene rings is 1. The number of fused-ring (bicyclic) bond motifs is 1. The van der Waals surface area contributed by atoms with Gasteiger partial charge in [-0.05, 0) is 63.7 Å². The predicted octanol–water partition coefficient (Wildman–Crippen LogP) is 3.64. The predicted molar refractivity (Wildman–Crippen MR) is 133 cm³/mol. The van der Waals surface area contributed by atoms with Crippen LogP contribution >= 0.6 is 24.0 Å². The number of aliphatic imine (C=N–C) groups is 1. The fourth-order valence-electron chi connectivity index (χ4n) is 4.14. The molecule has 0 saturated carbocycles. The third-order valence-electron chi connectivity index (χ3n) is 5.60. The lowest BCUT2D eigenvalue weighted by Gasteiger charge is -2.30. The average molecular weight is 512 g/mol. The molecule has 3 rings (SSSR count). The second-order valence-electron chi connectivity index (χ2n) is 7.98. The number of imidazole rings is 1. The van der Waals surface area contributed by atoms with Crippen molar-refractivity contribution in [2.24, 2.45) is 10.9 Å². The van der Waals surface area contributed by atoms with Crippen LogP contribution in [0, 0.1) is 12.8 Å². The van der Waals surface area contributed by atoms with E-state index < -0.39 is 0 Å². The van der Waals surface area contributed by atoms with Gasteiger partial charge in [-0.25, -0.2) is 4.98 Å². The van der Waals surface area contributed by atoms with Gasteiger partial charge < -0.3 is 20.1 Å². The minimum absolute atomic E-state index is 0. The van der Waals surface area contributed by atoms with Crippen LogP contribution in [0.4, 0.5) is 0 Å².